The first-order valence-corrected chi connectivity index (χ1v) is 8.60. The highest BCUT2D eigenvalue weighted by atomic mass is 32.2. The van der Waals surface area contributed by atoms with E-state index in [0.717, 1.165) is 9.87 Å². The molecule has 1 unspecified atom stereocenters. The third-order valence-electron chi connectivity index (χ3n) is 3.54. The smallest absolute Gasteiger partial charge is 0.302 e. The molecule has 2 N–H and O–H groups in total. The quantitative estimate of drug-likeness (QED) is 0.811. The fraction of sp³-hybridized carbons (Fsp3) is 0.125. The van der Waals surface area contributed by atoms with Gasteiger partial charge in [0.15, 0.2) is 0 Å². The van der Waals surface area contributed by atoms with Crippen LogP contribution in [0, 0.1) is 0 Å². The summed E-state index contributed by atoms with van der Waals surface area (Å²) in [5.74, 6) is -0.180. The van der Waals surface area contributed by atoms with Gasteiger partial charge in [-0.15, -0.1) is 0 Å². The molecule has 124 valence electrons. The number of rotatable bonds is 4. The minimum Gasteiger partial charge on any atom is -0.506 e. The summed E-state index contributed by atoms with van der Waals surface area (Å²) in [6.07, 6.45) is 7.52. The number of aromatic hydroxyl groups is 1. The minimum absolute atomic E-state index is 0.0513. The van der Waals surface area contributed by atoms with Gasteiger partial charge < -0.3 is 9.90 Å². The van der Waals surface area contributed by atoms with Crippen LogP contribution < -0.4 is 9.03 Å². The molecule has 0 saturated carbocycles. The van der Waals surface area contributed by atoms with Crippen molar-refractivity contribution < 1.29 is 18.3 Å². The van der Waals surface area contributed by atoms with Gasteiger partial charge in [0.1, 0.15) is 12.0 Å². The number of nitrogens with one attached hydrogen (secondary N) is 1. The zero-order chi connectivity index (χ0) is 17.2. The van der Waals surface area contributed by atoms with Crippen molar-refractivity contribution in [3.63, 3.8) is 0 Å². The lowest BCUT2D eigenvalue weighted by atomic mass is 10.1. The summed E-state index contributed by atoms with van der Waals surface area (Å²) in [7, 11) is -3.83. The molecule has 1 saturated heterocycles. The Morgan fingerprint density at radius 1 is 1.25 bits per heavy atom. The van der Waals surface area contributed by atoms with Crippen molar-refractivity contribution in [1.82, 2.24) is 9.71 Å². The molecule has 2 aromatic rings. The lowest BCUT2D eigenvalue weighted by Crippen LogP contribution is -2.30. The van der Waals surface area contributed by atoms with Crippen LogP contribution in [0.1, 0.15) is 11.1 Å². The van der Waals surface area contributed by atoms with Crippen LogP contribution >= 0.6 is 0 Å². The maximum Gasteiger partial charge on any atom is 0.302 e. The second-order valence-electron chi connectivity index (χ2n) is 5.26. The molecule has 1 aromatic heterocycles. The van der Waals surface area contributed by atoms with Crippen LogP contribution in [-0.4, -0.2) is 37.4 Å². The number of aromatic nitrogens is 1. The van der Waals surface area contributed by atoms with E-state index in [1.807, 2.05) is 18.2 Å². The zero-order valence-electron chi connectivity index (χ0n) is 12.5. The van der Waals surface area contributed by atoms with Gasteiger partial charge in [-0.1, -0.05) is 24.3 Å². The number of pyridine rings is 1. The number of hydrogen-bond donors (Lipinski definition) is 2. The summed E-state index contributed by atoms with van der Waals surface area (Å²) in [5, 5.41) is 10.2. The Labute approximate surface area is 139 Å². The zero-order valence-corrected chi connectivity index (χ0v) is 13.3. The summed E-state index contributed by atoms with van der Waals surface area (Å²) in [5.41, 5.74) is 1.74. The monoisotopic (exact) mass is 345 g/mol. The molecule has 1 fully saturated rings. The Morgan fingerprint density at radius 3 is 2.67 bits per heavy atom. The van der Waals surface area contributed by atoms with E-state index in [2.05, 4.69) is 9.71 Å². The number of nitrogens with zero attached hydrogens (tertiary/aromatic N) is 2. The molecule has 3 rings (SSSR count). The van der Waals surface area contributed by atoms with Gasteiger partial charge in [0.25, 0.3) is 0 Å². The van der Waals surface area contributed by atoms with Crippen molar-refractivity contribution in [3.05, 3.63) is 53.9 Å². The van der Waals surface area contributed by atoms with Crippen LogP contribution in [0.15, 0.2) is 42.7 Å². The molecule has 1 aliphatic rings. The van der Waals surface area contributed by atoms with Gasteiger partial charge in [-0.2, -0.15) is 13.1 Å². The Hall–Kier alpha value is -2.71. The van der Waals surface area contributed by atoms with Crippen LogP contribution in [0.25, 0.3) is 12.2 Å². The molecule has 0 aliphatic carbocycles. The molecule has 24 heavy (non-hydrogen) atoms. The van der Waals surface area contributed by atoms with E-state index >= 15 is 0 Å². The predicted molar refractivity (Wildman–Crippen MR) is 90.5 cm³/mol. The Bertz CT molecular complexity index is 881. The first-order chi connectivity index (χ1) is 11.5. The van der Waals surface area contributed by atoms with Crippen molar-refractivity contribution in [3.8, 4) is 5.75 Å². The highest BCUT2D eigenvalue weighted by Crippen LogP contribution is 2.32. The second kappa shape index (κ2) is 6.42. The molecule has 2 heterocycles. The lowest BCUT2D eigenvalue weighted by Gasteiger charge is -2.17. The molecule has 0 spiro atoms. The fourth-order valence-corrected chi connectivity index (χ4v) is 3.80. The number of anilines is 1. The average Bonchev–Trinajstić information content (AvgIpc) is 2.89. The molecule has 1 atom stereocenters. The van der Waals surface area contributed by atoms with E-state index in [4.69, 9.17) is 0 Å². The Balaban J connectivity index is 1.85. The van der Waals surface area contributed by atoms with E-state index in [-0.39, 0.29) is 18.0 Å². The van der Waals surface area contributed by atoms with Gasteiger partial charge in [0, 0.05) is 12.4 Å². The molecular weight excluding hydrogens is 330 g/mol. The van der Waals surface area contributed by atoms with Crippen molar-refractivity contribution in [2.75, 3.05) is 10.8 Å². The average molecular weight is 345 g/mol. The highest BCUT2D eigenvalue weighted by Gasteiger charge is 2.36. The number of carbonyl (C=O) groups is 1. The van der Waals surface area contributed by atoms with Gasteiger partial charge >= 0.3 is 10.2 Å². The van der Waals surface area contributed by atoms with Crippen molar-refractivity contribution in [2.24, 2.45) is 0 Å². The van der Waals surface area contributed by atoms with Crippen LogP contribution in [0.3, 0.4) is 0 Å². The van der Waals surface area contributed by atoms with E-state index in [1.54, 1.807) is 24.5 Å². The van der Waals surface area contributed by atoms with Gasteiger partial charge in [-0.3, -0.25) is 9.29 Å². The number of aldehydes is 1. The number of benzene rings is 1. The Morgan fingerprint density at radius 2 is 2.04 bits per heavy atom. The molecular formula is C16H15N3O4S. The van der Waals surface area contributed by atoms with Gasteiger partial charge in [-0.05, 0) is 29.3 Å². The van der Waals surface area contributed by atoms with Crippen LogP contribution in [0.2, 0.25) is 0 Å². The molecule has 7 nitrogen and oxygen atoms in total. The summed E-state index contributed by atoms with van der Waals surface area (Å²) < 4.78 is 27.2. The van der Waals surface area contributed by atoms with Crippen LogP contribution in [-0.2, 0) is 15.0 Å². The largest absolute Gasteiger partial charge is 0.506 e. The van der Waals surface area contributed by atoms with E-state index in [9.17, 15) is 18.3 Å². The molecule has 0 amide bonds. The standard InChI is InChI=1S/C16H15N3O4S/c20-11-14-10-19(24(22,23)18-14)15-6-5-12(8-16(15)21)3-4-13-2-1-7-17-9-13/h1-9,11,14,18,21H,10H2/b4-3+. The first kappa shape index (κ1) is 16.2. The molecule has 8 heteroatoms. The number of hydrogen-bond acceptors (Lipinski definition) is 5. The maximum absolute atomic E-state index is 12.0. The second-order valence-corrected chi connectivity index (χ2v) is 6.89. The molecule has 1 aliphatic heterocycles. The number of phenolic OH excluding ortho intramolecular Hbond substituents is 1. The SMILES string of the molecule is O=CC1CN(c2ccc(/C=C/c3cccnc3)cc2O)S(=O)(=O)N1. The minimum atomic E-state index is -3.83. The van der Waals surface area contributed by atoms with Gasteiger partial charge in [0.2, 0.25) is 0 Å². The Kier molecular flexibility index (Phi) is 4.32. The summed E-state index contributed by atoms with van der Waals surface area (Å²) in [4.78, 5) is 14.8. The molecule has 1 aromatic carbocycles. The summed E-state index contributed by atoms with van der Waals surface area (Å²) >= 11 is 0. The van der Waals surface area contributed by atoms with E-state index < -0.39 is 16.3 Å². The van der Waals surface area contributed by atoms with Crippen LogP contribution in [0.5, 0.6) is 5.75 Å². The van der Waals surface area contributed by atoms with Crippen LogP contribution in [0.4, 0.5) is 5.69 Å². The highest BCUT2D eigenvalue weighted by molar-refractivity contribution is 7.91. The topological polar surface area (TPSA) is 99.6 Å². The normalized spacial score (nSPS) is 19.7. The van der Waals surface area contributed by atoms with Crippen molar-refractivity contribution in [1.29, 1.82) is 0 Å². The van der Waals surface area contributed by atoms with Crippen molar-refractivity contribution in [2.45, 2.75) is 6.04 Å². The summed E-state index contributed by atoms with van der Waals surface area (Å²) in [6, 6.07) is 7.54. The summed E-state index contributed by atoms with van der Waals surface area (Å²) in [6.45, 7) is -0.0513. The molecule has 0 bridgehead atoms. The predicted octanol–water partition coefficient (Wildman–Crippen LogP) is 1.18. The molecule has 0 radical (unpaired) electrons. The lowest BCUT2D eigenvalue weighted by molar-refractivity contribution is -0.108. The third kappa shape index (κ3) is 3.29. The first-order valence-electron chi connectivity index (χ1n) is 7.16. The van der Waals surface area contributed by atoms with Gasteiger partial charge in [-0.25, -0.2) is 0 Å². The van der Waals surface area contributed by atoms with Crippen molar-refractivity contribution >= 4 is 34.3 Å². The van der Waals surface area contributed by atoms with Gasteiger partial charge in [0.05, 0.1) is 18.3 Å². The number of phenols is 1. The van der Waals surface area contributed by atoms with E-state index in [0.29, 0.717) is 11.8 Å². The van der Waals surface area contributed by atoms with E-state index in [1.165, 1.54) is 12.1 Å². The fourth-order valence-electron chi connectivity index (χ4n) is 2.39. The maximum atomic E-state index is 12.0. The number of carbonyl (C=O) groups excluding carboxylic acids is 1. The third-order valence-corrected chi connectivity index (χ3v) is 5.06.